The average Bonchev–Trinajstić information content (AvgIpc) is 3.22. The Hall–Kier alpha value is -1.36. The van der Waals surface area contributed by atoms with Gasteiger partial charge in [-0.3, -0.25) is 0 Å². The standard InChI is InChI=1S/C16H20ClN3O/c1-21-9-7-18-11-13-10-14(17)4-5-16(13)20-8-6-15(19-20)12-2-3-12/h4-6,8,10,12,18H,2-3,7,9,11H2,1H3. The van der Waals surface area contributed by atoms with Crippen molar-refractivity contribution in [2.24, 2.45) is 0 Å². The van der Waals surface area contributed by atoms with Gasteiger partial charge in [0.2, 0.25) is 0 Å². The molecule has 1 aromatic carbocycles. The van der Waals surface area contributed by atoms with Crippen molar-refractivity contribution in [2.75, 3.05) is 20.3 Å². The van der Waals surface area contributed by atoms with Crippen molar-refractivity contribution in [1.82, 2.24) is 15.1 Å². The van der Waals surface area contributed by atoms with Gasteiger partial charge in [-0.25, -0.2) is 4.68 Å². The van der Waals surface area contributed by atoms with Crippen molar-refractivity contribution in [1.29, 1.82) is 0 Å². The highest BCUT2D eigenvalue weighted by molar-refractivity contribution is 6.30. The largest absolute Gasteiger partial charge is 0.383 e. The fourth-order valence-electron chi connectivity index (χ4n) is 2.39. The van der Waals surface area contributed by atoms with Crippen LogP contribution >= 0.6 is 11.6 Å². The molecule has 5 heteroatoms. The second kappa shape index (κ2) is 6.60. The van der Waals surface area contributed by atoms with Crippen LogP contribution in [0, 0.1) is 0 Å². The molecule has 1 N–H and O–H groups in total. The van der Waals surface area contributed by atoms with Crippen molar-refractivity contribution >= 4 is 11.6 Å². The Morgan fingerprint density at radius 3 is 3.00 bits per heavy atom. The number of aromatic nitrogens is 2. The zero-order chi connectivity index (χ0) is 14.7. The molecule has 0 amide bonds. The Morgan fingerprint density at radius 2 is 2.24 bits per heavy atom. The first-order valence-corrected chi connectivity index (χ1v) is 7.70. The molecule has 4 nitrogen and oxygen atoms in total. The zero-order valence-corrected chi connectivity index (χ0v) is 12.9. The van der Waals surface area contributed by atoms with E-state index in [2.05, 4.69) is 11.4 Å². The van der Waals surface area contributed by atoms with Crippen molar-refractivity contribution in [3.8, 4) is 5.69 Å². The molecule has 0 saturated heterocycles. The predicted octanol–water partition coefficient (Wildman–Crippen LogP) is 3.14. The molecule has 1 fully saturated rings. The summed E-state index contributed by atoms with van der Waals surface area (Å²) in [5, 5.41) is 8.80. The third-order valence-electron chi connectivity index (χ3n) is 3.69. The first-order valence-electron chi connectivity index (χ1n) is 7.32. The minimum Gasteiger partial charge on any atom is -0.383 e. The Kier molecular flexibility index (Phi) is 4.58. The van der Waals surface area contributed by atoms with Crippen LogP contribution in [0.15, 0.2) is 30.5 Å². The quantitative estimate of drug-likeness (QED) is 0.799. The van der Waals surface area contributed by atoms with E-state index >= 15 is 0 Å². The molecule has 2 aromatic rings. The van der Waals surface area contributed by atoms with Gasteiger partial charge >= 0.3 is 0 Å². The molecule has 112 valence electrons. The zero-order valence-electron chi connectivity index (χ0n) is 12.2. The molecule has 1 aliphatic carbocycles. The van der Waals surface area contributed by atoms with Crippen molar-refractivity contribution in [3.05, 3.63) is 46.7 Å². The smallest absolute Gasteiger partial charge is 0.0691 e. The number of halogens is 1. The highest BCUT2D eigenvalue weighted by atomic mass is 35.5. The van der Waals surface area contributed by atoms with Gasteiger partial charge < -0.3 is 10.1 Å². The lowest BCUT2D eigenvalue weighted by Crippen LogP contribution is -2.19. The maximum atomic E-state index is 6.13. The van der Waals surface area contributed by atoms with E-state index in [1.807, 2.05) is 29.1 Å². The molecule has 0 atom stereocenters. The van der Waals surface area contributed by atoms with Crippen molar-refractivity contribution in [3.63, 3.8) is 0 Å². The summed E-state index contributed by atoms with van der Waals surface area (Å²) in [6.45, 7) is 2.26. The van der Waals surface area contributed by atoms with E-state index in [0.29, 0.717) is 12.5 Å². The van der Waals surface area contributed by atoms with Crippen LogP contribution in [-0.4, -0.2) is 30.0 Å². The molecule has 0 bridgehead atoms. The van der Waals surface area contributed by atoms with Crippen LogP contribution in [0.5, 0.6) is 0 Å². The number of nitrogens with one attached hydrogen (secondary N) is 1. The number of rotatable bonds is 7. The van der Waals surface area contributed by atoms with E-state index in [1.165, 1.54) is 18.5 Å². The third-order valence-corrected chi connectivity index (χ3v) is 3.93. The lowest BCUT2D eigenvalue weighted by atomic mass is 10.1. The SMILES string of the molecule is COCCNCc1cc(Cl)ccc1-n1ccc(C2CC2)n1. The van der Waals surface area contributed by atoms with E-state index < -0.39 is 0 Å². The Balaban J connectivity index is 1.78. The molecular weight excluding hydrogens is 286 g/mol. The minimum absolute atomic E-state index is 0.668. The van der Waals surface area contributed by atoms with Gasteiger partial charge in [0, 0.05) is 37.3 Å². The summed E-state index contributed by atoms with van der Waals surface area (Å²) in [7, 11) is 1.70. The molecule has 21 heavy (non-hydrogen) atoms. The number of hydrogen-bond acceptors (Lipinski definition) is 3. The van der Waals surface area contributed by atoms with Gasteiger partial charge in [-0.15, -0.1) is 0 Å². The van der Waals surface area contributed by atoms with E-state index in [-0.39, 0.29) is 0 Å². The number of ether oxygens (including phenoxy) is 1. The van der Waals surface area contributed by atoms with Crippen molar-refractivity contribution in [2.45, 2.75) is 25.3 Å². The lowest BCUT2D eigenvalue weighted by Gasteiger charge is -2.11. The summed E-state index contributed by atoms with van der Waals surface area (Å²) in [5.74, 6) is 0.668. The van der Waals surface area contributed by atoms with Gasteiger partial charge in [0.1, 0.15) is 0 Å². The first kappa shape index (κ1) is 14.6. The Bertz CT molecular complexity index is 607. The number of benzene rings is 1. The number of hydrogen-bond donors (Lipinski definition) is 1. The van der Waals surface area contributed by atoms with E-state index in [0.717, 1.165) is 29.4 Å². The second-order valence-electron chi connectivity index (χ2n) is 5.40. The van der Waals surface area contributed by atoms with Crippen molar-refractivity contribution < 1.29 is 4.74 Å². The highest BCUT2D eigenvalue weighted by Crippen LogP contribution is 2.39. The molecule has 3 rings (SSSR count). The van der Waals surface area contributed by atoms with Crippen LogP contribution in [-0.2, 0) is 11.3 Å². The Labute approximate surface area is 130 Å². The third kappa shape index (κ3) is 3.64. The maximum Gasteiger partial charge on any atom is 0.0691 e. The topological polar surface area (TPSA) is 39.1 Å². The minimum atomic E-state index is 0.668. The highest BCUT2D eigenvalue weighted by Gasteiger charge is 2.26. The summed E-state index contributed by atoms with van der Waals surface area (Å²) < 4.78 is 7.00. The maximum absolute atomic E-state index is 6.13. The van der Waals surface area contributed by atoms with E-state index in [4.69, 9.17) is 21.4 Å². The van der Waals surface area contributed by atoms with Gasteiger partial charge in [0.15, 0.2) is 0 Å². The van der Waals surface area contributed by atoms with Crippen LogP contribution in [0.1, 0.15) is 30.0 Å². The average molecular weight is 306 g/mol. The van der Waals surface area contributed by atoms with E-state index in [1.54, 1.807) is 7.11 Å². The fourth-order valence-corrected chi connectivity index (χ4v) is 2.58. The first-order chi connectivity index (χ1) is 10.3. The van der Waals surface area contributed by atoms with Gasteiger partial charge in [-0.05, 0) is 42.7 Å². The summed E-state index contributed by atoms with van der Waals surface area (Å²) >= 11 is 6.13. The molecular formula is C16H20ClN3O. The normalized spacial score (nSPS) is 14.6. The monoisotopic (exact) mass is 305 g/mol. The molecule has 1 aliphatic rings. The van der Waals surface area contributed by atoms with Crippen LogP contribution in [0.25, 0.3) is 5.69 Å². The van der Waals surface area contributed by atoms with Crippen LogP contribution in [0.3, 0.4) is 0 Å². The van der Waals surface area contributed by atoms with Gasteiger partial charge in [0.05, 0.1) is 18.0 Å². The summed E-state index contributed by atoms with van der Waals surface area (Å²) in [4.78, 5) is 0. The van der Waals surface area contributed by atoms with Crippen LogP contribution in [0.2, 0.25) is 5.02 Å². The lowest BCUT2D eigenvalue weighted by molar-refractivity contribution is 0.199. The molecule has 1 heterocycles. The Morgan fingerprint density at radius 1 is 1.38 bits per heavy atom. The van der Waals surface area contributed by atoms with E-state index in [9.17, 15) is 0 Å². The molecule has 1 saturated carbocycles. The predicted molar refractivity (Wildman–Crippen MR) is 84.1 cm³/mol. The second-order valence-corrected chi connectivity index (χ2v) is 5.84. The molecule has 0 spiro atoms. The van der Waals surface area contributed by atoms with Gasteiger partial charge in [-0.2, -0.15) is 5.10 Å². The fraction of sp³-hybridized carbons (Fsp3) is 0.438. The summed E-state index contributed by atoms with van der Waals surface area (Å²) in [6, 6.07) is 8.05. The number of methoxy groups -OCH3 is 1. The van der Waals surface area contributed by atoms with Gasteiger partial charge in [-0.1, -0.05) is 11.6 Å². The molecule has 0 aliphatic heterocycles. The summed E-state index contributed by atoms with van der Waals surface area (Å²) in [5.41, 5.74) is 3.42. The number of nitrogens with zero attached hydrogens (tertiary/aromatic N) is 2. The van der Waals surface area contributed by atoms with Gasteiger partial charge in [0.25, 0.3) is 0 Å². The summed E-state index contributed by atoms with van der Waals surface area (Å²) in [6.07, 6.45) is 4.57. The molecule has 1 aromatic heterocycles. The van der Waals surface area contributed by atoms with Crippen LogP contribution < -0.4 is 5.32 Å². The van der Waals surface area contributed by atoms with Crippen LogP contribution in [0.4, 0.5) is 0 Å². The molecule has 0 radical (unpaired) electrons. The molecule has 0 unspecified atom stereocenters.